The summed E-state index contributed by atoms with van der Waals surface area (Å²) in [6.45, 7) is 0. The Morgan fingerprint density at radius 3 is 2.42 bits per heavy atom. The van der Waals surface area contributed by atoms with E-state index in [1.165, 1.54) is 12.1 Å². The number of hydrogen-bond donors (Lipinski definition) is 1. The highest BCUT2D eigenvalue weighted by atomic mass is 32.2. The van der Waals surface area contributed by atoms with Gasteiger partial charge in [-0.05, 0) is 48.0 Å². The Bertz CT molecular complexity index is 662. The number of nitrogens with one attached hydrogen (secondary N) is 1. The third kappa shape index (κ3) is 2.85. The second-order valence-electron chi connectivity index (χ2n) is 4.04. The van der Waals surface area contributed by atoms with Crippen molar-refractivity contribution in [2.75, 3.05) is 0 Å². The number of H-pyrrole nitrogens is 1. The largest absolute Gasteiger partial charge is 0.277 e. The summed E-state index contributed by atoms with van der Waals surface area (Å²) in [6, 6.07) is 18.4. The van der Waals surface area contributed by atoms with Gasteiger partial charge in [-0.15, -0.1) is 0 Å². The molecule has 0 saturated heterocycles. The van der Waals surface area contributed by atoms with Gasteiger partial charge in [0.05, 0.1) is 5.69 Å². The summed E-state index contributed by atoms with van der Waals surface area (Å²) in [5, 5.41) is 8.12. The normalized spacial score (nSPS) is 10.6. The second-order valence-corrected chi connectivity index (χ2v) is 5.14. The average Bonchev–Trinajstić information content (AvgIpc) is 2.89. The fraction of sp³-hybridized carbons (Fsp3) is 0. The minimum atomic E-state index is -0.234. The molecule has 0 fully saturated rings. The van der Waals surface area contributed by atoms with E-state index >= 15 is 0 Å². The highest BCUT2D eigenvalue weighted by molar-refractivity contribution is 7.99. The van der Waals surface area contributed by atoms with Crippen LogP contribution in [0, 0.1) is 5.82 Å². The number of aromatic nitrogens is 2. The average molecular weight is 270 g/mol. The molecule has 1 N–H and O–H groups in total. The van der Waals surface area contributed by atoms with E-state index in [0.717, 1.165) is 21.2 Å². The van der Waals surface area contributed by atoms with Gasteiger partial charge in [-0.2, -0.15) is 5.10 Å². The SMILES string of the molecule is Fc1ccc(-c2cc(Sc3ccccc3)n[nH]2)cc1. The fourth-order valence-corrected chi connectivity index (χ4v) is 2.55. The third-order valence-corrected chi connectivity index (χ3v) is 3.60. The number of halogens is 1. The van der Waals surface area contributed by atoms with Gasteiger partial charge in [-0.1, -0.05) is 30.0 Å². The monoisotopic (exact) mass is 270 g/mol. The lowest BCUT2D eigenvalue weighted by atomic mass is 10.1. The maximum atomic E-state index is 12.9. The molecule has 94 valence electrons. The molecule has 0 aliphatic rings. The van der Waals surface area contributed by atoms with Crippen molar-refractivity contribution in [2.45, 2.75) is 9.92 Å². The summed E-state index contributed by atoms with van der Waals surface area (Å²) in [7, 11) is 0. The van der Waals surface area contributed by atoms with E-state index in [2.05, 4.69) is 10.2 Å². The van der Waals surface area contributed by atoms with Crippen LogP contribution in [0.4, 0.5) is 4.39 Å². The van der Waals surface area contributed by atoms with Crippen LogP contribution in [0.2, 0.25) is 0 Å². The molecular formula is C15H11FN2S. The minimum Gasteiger partial charge on any atom is -0.277 e. The Morgan fingerprint density at radius 1 is 0.947 bits per heavy atom. The zero-order chi connectivity index (χ0) is 13.1. The van der Waals surface area contributed by atoms with Crippen LogP contribution in [0.1, 0.15) is 0 Å². The maximum absolute atomic E-state index is 12.9. The van der Waals surface area contributed by atoms with Crippen LogP contribution in [0.25, 0.3) is 11.3 Å². The van der Waals surface area contributed by atoms with Crippen LogP contribution in [-0.4, -0.2) is 10.2 Å². The number of rotatable bonds is 3. The Labute approximate surface area is 114 Å². The summed E-state index contributed by atoms with van der Waals surface area (Å²) in [5.41, 5.74) is 1.81. The molecule has 0 aliphatic carbocycles. The third-order valence-electron chi connectivity index (χ3n) is 2.68. The predicted molar refractivity (Wildman–Crippen MR) is 74.5 cm³/mol. The van der Waals surface area contributed by atoms with Gasteiger partial charge in [-0.3, -0.25) is 5.10 Å². The Kier molecular flexibility index (Phi) is 3.33. The topological polar surface area (TPSA) is 28.7 Å². The molecule has 4 heteroatoms. The van der Waals surface area contributed by atoms with Gasteiger partial charge in [0.15, 0.2) is 0 Å². The second kappa shape index (κ2) is 5.28. The van der Waals surface area contributed by atoms with Crippen molar-refractivity contribution in [2.24, 2.45) is 0 Å². The summed E-state index contributed by atoms with van der Waals surface area (Å²) in [5.74, 6) is -0.234. The van der Waals surface area contributed by atoms with Crippen LogP contribution in [0.3, 0.4) is 0 Å². The number of nitrogens with zero attached hydrogens (tertiary/aromatic N) is 1. The van der Waals surface area contributed by atoms with Crippen molar-refractivity contribution in [1.82, 2.24) is 10.2 Å². The van der Waals surface area contributed by atoms with Gasteiger partial charge in [0.25, 0.3) is 0 Å². The molecule has 1 aromatic heterocycles. The van der Waals surface area contributed by atoms with Crippen LogP contribution < -0.4 is 0 Å². The Hall–Kier alpha value is -2.07. The highest BCUT2D eigenvalue weighted by Crippen LogP contribution is 2.28. The van der Waals surface area contributed by atoms with Gasteiger partial charge in [-0.25, -0.2) is 4.39 Å². The first kappa shape index (κ1) is 12.0. The van der Waals surface area contributed by atoms with E-state index in [-0.39, 0.29) is 5.82 Å². The van der Waals surface area contributed by atoms with E-state index in [4.69, 9.17) is 0 Å². The van der Waals surface area contributed by atoms with Crippen LogP contribution in [0.5, 0.6) is 0 Å². The van der Waals surface area contributed by atoms with Crippen molar-refractivity contribution in [1.29, 1.82) is 0 Å². The van der Waals surface area contributed by atoms with E-state index in [9.17, 15) is 4.39 Å². The lowest BCUT2D eigenvalue weighted by Gasteiger charge is -1.96. The van der Waals surface area contributed by atoms with E-state index in [0.29, 0.717) is 0 Å². The van der Waals surface area contributed by atoms with Crippen LogP contribution in [0.15, 0.2) is 70.6 Å². The first-order valence-corrected chi connectivity index (χ1v) is 6.67. The molecule has 0 atom stereocenters. The standard InChI is InChI=1S/C15H11FN2S/c16-12-8-6-11(7-9-12)14-10-15(18-17-14)19-13-4-2-1-3-5-13/h1-10H,(H,17,18). The molecule has 0 aliphatic heterocycles. The molecule has 3 aromatic rings. The van der Waals surface area contributed by atoms with Gasteiger partial charge in [0.1, 0.15) is 10.8 Å². The first-order valence-electron chi connectivity index (χ1n) is 5.85. The zero-order valence-corrected chi connectivity index (χ0v) is 10.8. The number of hydrogen-bond acceptors (Lipinski definition) is 2. The summed E-state index contributed by atoms with van der Waals surface area (Å²) < 4.78 is 12.9. The van der Waals surface area contributed by atoms with Gasteiger partial charge < -0.3 is 0 Å². The molecule has 0 amide bonds. The van der Waals surface area contributed by atoms with Crippen molar-refractivity contribution < 1.29 is 4.39 Å². The van der Waals surface area contributed by atoms with Gasteiger partial charge in [0.2, 0.25) is 0 Å². The van der Waals surface area contributed by atoms with Crippen molar-refractivity contribution in [3.05, 3.63) is 66.5 Å². The Morgan fingerprint density at radius 2 is 1.68 bits per heavy atom. The summed E-state index contributed by atoms with van der Waals surface area (Å²) >= 11 is 1.59. The van der Waals surface area contributed by atoms with Crippen molar-refractivity contribution in [3.63, 3.8) is 0 Å². The van der Waals surface area contributed by atoms with Gasteiger partial charge >= 0.3 is 0 Å². The molecule has 0 radical (unpaired) electrons. The van der Waals surface area contributed by atoms with Crippen molar-refractivity contribution >= 4 is 11.8 Å². The van der Waals surface area contributed by atoms with E-state index < -0.39 is 0 Å². The first-order chi connectivity index (χ1) is 9.31. The van der Waals surface area contributed by atoms with Gasteiger partial charge in [0, 0.05) is 4.90 Å². The number of benzene rings is 2. The molecule has 0 unspecified atom stereocenters. The molecule has 3 rings (SSSR count). The molecule has 0 bridgehead atoms. The molecule has 2 nitrogen and oxygen atoms in total. The summed E-state index contributed by atoms with van der Waals surface area (Å²) in [6.07, 6.45) is 0. The lowest BCUT2D eigenvalue weighted by Crippen LogP contribution is -1.78. The summed E-state index contributed by atoms with van der Waals surface area (Å²) in [4.78, 5) is 1.14. The molecular weight excluding hydrogens is 259 g/mol. The maximum Gasteiger partial charge on any atom is 0.123 e. The highest BCUT2D eigenvalue weighted by Gasteiger charge is 2.05. The predicted octanol–water partition coefficient (Wildman–Crippen LogP) is 4.37. The van der Waals surface area contributed by atoms with E-state index in [1.54, 1.807) is 23.9 Å². The molecule has 2 aromatic carbocycles. The molecule has 0 saturated carbocycles. The minimum absolute atomic E-state index is 0.234. The lowest BCUT2D eigenvalue weighted by molar-refractivity contribution is 0.628. The molecule has 0 spiro atoms. The Balaban J connectivity index is 1.82. The molecule has 1 heterocycles. The van der Waals surface area contributed by atoms with Crippen LogP contribution in [-0.2, 0) is 0 Å². The van der Waals surface area contributed by atoms with Crippen molar-refractivity contribution in [3.8, 4) is 11.3 Å². The smallest absolute Gasteiger partial charge is 0.123 e. The van der Waals surface area contributed by atoms with Crippen LogP contribution >= 0.6 is 11.8 Å². The quantitative estimate of drug-likeness (QED) is 0.765. The zero-order valence-electron chi connectivity index (χ0n) is 10.0. The fourth-order valence-electron chi connectivity index (χ4n) is 1.74. The molecule has 19 heavy (non-hydrogen) atoms. The number of aromatic amines is 1. The van der Waals surface area contributed by atoms with E-state index in [1.807, 2.05) is 36.4 Å².